The van der Waals surface area contributed by atoms with E-state index < -0.39 is 22.4 Å². The molecule has 0 aliphatic heterocycles. The first-order valence-electron chi connectivity index (χ1n) is 8.69. The summed E-state index contributed by atoms with van der Waals surface area (Å²) >= 11 is 3.29. The monoisotopic (exact) mass is 488 g/mol. The van der Waals surface area contributed by atoms with Crippen LogP contribution in [0.1, 0.15) is 16.7 Å². The van der Waals surface area contributed by atoms with E-state index in [0.717, 1.165) is 11.6 Å². The maximum atomic E-state index is 12.9. The van der Waals surface area contributed by atoms with Gasteiger partial charge in [-0.1, -0.05) is 36.4 Å². The van der Waals surface area contributed by atoms with Gasteiger partial charge in [-0.25, -0.2) is 0 Å². The van der Waals surface area contributed by atoms with E-state index >= 15 is 0 Å². The number of hydrogen-bond donors (Lipinski definition) is 0. The van der Waals surface area contributed by atoms with Crippen molar-refractivity contribution < 1.29 is 22.8 Å². The molecule has 0 atom stereocenters. The Bertz CT molecular complexity index is 1200. The van der Waals surface area contributed by atoms with Gasteiger partial charge < -0.3 is 4.74 Å². The Hall–Kier alpha value is -3.64. The molecule has 3 rings (SSSR count). The molecule has 0 radical (unpaired) electrons. The lowest BCUT2D eigenvalue weighted by atomic mass is 10.0. The topological polar surface area (TPSA) is 76.2 Å². The maximum Gasteiger partial charge on any atom is 0.416 e. The van der Waals surface area contributed by atoms with Crippen molar-refractivity contribution in [2.24, 2.45) is 0 Å². The fourth-order valence-corrected chi connectivity index (χ4v) is 3.17. The first kappa shape index (κ1) is 22.1. The molecule has 0 fully saturated rings. The predicted octanol–water partition coefficient (Wildman–Crippen LogP) is 7.23. The van der Waals surface area contributed by atoms with Crippen LogP contribution in [-0.2, 0) is 6.18 Å². The highest BCUT2D eigenvalue weighted by Crippen LogP contribution is 2.39. The molecule has 5 nitrogen and oxygen atoms in total. The second-order valence-electron chi connectivity index (χ2n) is 6.27. The molecule has 9 heteroatoms. The molecule has 0 amide bonds. The van der Waals surface area contributed by atoms with Crippen LogP contribution in [0.2, 0.25) is 0 Å². The molecule has 0 spiro atoms. The molecule has 0 saturated carbocycles. The zero-order valence-electron chi connectivity index (χ0n) is 15.6. The number of hydrogen-bond acceptors (Lipinski definition) is 4. The Balaban J connectivity index is 1.92. The Labute approximate surface area is 183 Å². The number of nitro groups is 1. The highest BCUT2D eigenvalue weighted by atomic mass is 79.9. The Morgan fingerprint density at radius 3 is 2.32 bits per heavy atom. The molecule has 3 aromatic rings. The third kappa shape index (κ3) is 5.29. The van der Waals surface area contributed by atoms with E-state index in [-0.39, 0.29) is 11.5 Å². The second kappa shape index (κ2) is 9.02. The minimum Gasteiger partial charge on any atom is -0.449 e. The van der Waals surface area contributed by atoms with Gasteiger partial charge >= 0.3 is 11.9 Å². The molecule has 0 N–H and O–H groups in total. The van der Waals surface area contributed by atoms with Gasteiger partial charge in [0.25, 0.3) is 0 Å². The van der Waals surface area contributed by atoms with Crippen LogP contribution in [0, 0.1) is 21.4 Å². The fraction of sp³-hybridized carbons (Fsp3) is 0.0455. The van der Waals surface area contributed by atoms with Crippen LogP contribution in [0.25, 0.3) is 11.6 Å². The van der Waals surface area contributed by atoms with Gasteiger partial charge in [0, 0.05) is 6.07 Å². The van der Waals surface area contributed by atoms with Crippen LogP contribution in [0.4, 0.5) is 18.9 Å². The average molecular weight is 489 g/mol. The third-order valence-corrected chi connectivity index (χ3v) is 4.79. The van der Waals surface area contributed by atoms with Crippen molar-refractivity contribution in [2.75, 3.05) is 0 Å². The summed E-state index contributed by atoms with van der Waals surface area (Å²) in [4.78, 5) is 10.3. The highest BCUT2D eigenvalue weighted by molar-refractivity contribution is 9.10. The summed E-state index contributed by atoms with van der Waals surface area (Å²) in [6.45, 7) is 0. The summed E-state index contributed by atoms with van der Waals surface area (Å²) in [5.74, 6) is -0.165. The van der Waals surface area contributed by atoms with E-state index in [2.05, 4.69) is 22.0 Å². The van der Waals surface area contributed by atoms with Crippen molar-refractivity contribution in [2.45, 2.75) is 6.18 Å². The number of nitrogens with zero attached hydrogens (tertiary/aromatic N) is 2. The van der Waals surface area contributed by atoms with Gasteiger partial charge in [-0.3, -0.25) is 10.1 Å². The summed E-state index contributed by atoms with van der Waals surface area (Å²) in [5.41, 5.74) is -0.125. The summed E-state index contributed by atoms with van der Waals surface area (Å²) in [5, 5.41) is 20.7. The van der Waals surface area contributed by atoms with Crippen molar-refractivity contribution in [3.63, 3.8) is 0 Å². The molecule has 0 saturated heterocycles. The van der Waals surface area contributed by atoms with Gasteiger partial charge in [0.2, 0.25) is 5.75 Å². The number of allylic oxidation sites excluding steroid dienone is 1. The average Bonchev–Trinajstić information content (AvgIpc) is 2.73. The smallest absolute Gasteiger partial charge is 0.416 e. The molecule has 31 heavy (non-hydrogen) atoms. The normalized spacial score (nSPS) is 11.6. The van der Waals surface area contributed by atoms with Crippen LogP contribution in [-0.4, -0.2) is 4.92 Å². The molecule has 0 bridgehead atoms. The largest absolute Gasteiger partial charge is 0.449 e. The van der Waals surface area contributed by atoms with E-state index in [4.69, 9.17) is 4.74 Å². The third-order valence-electron chi connectivity index (χ3n) is 4.18. The van der Waals surface area contributed by atoms with Crippen LogP contribution in [0.3, 0.4) is 0 Å². The lowest BCUT2D eigenvalue weighted by molar-refractivity contribution is -0.385. The van der Waals surface area contributed by atoms with Crippen molar-refractivity contribution in [3.8, 4) is 17.6 Å². The van der Waals surface area contributed by atoms with Gasteiger partial charge in [-0.05, 0) is 57.4 Å². The fourth-order valence-electron chi connectivity index (χ4n) is 2.70. The Morgan fingerprint density at radius 2 is 1.74 bits per heavy atom. The van der Waals surface area contributed by atoms with Crippen LogP contribution < -0.4 is 4.74 Å². The van der Waals surface area contributed by atoms with Gasteiger partial charge in [-0.2, -0.15) is 18.4 Å². The number of rotatable bonds is 5. The summed E-state index contributed by atoms with van der Waals surface area (Å²) < 4.78 is 44.5. The van der Waals surface area contributed by atoms with Crippen molar-refractivity contribution in [3.05, 3.63) is 98.0 Å². The minimum atomic E-state index is -4.71. The molecule has 156 valence electrons. The van der Waals surface area contributed by atoms with Gasteiger partial charge in [0.05, 0.1) is 26.6 Å². The van der Waals surface area contributed by atoms with Crippen LogP contribution in [0.15, 0.2) is 71.2 Å². The Kier molecular flexibility index (Phi) is 6.42. The number of nitro benzene ring substituents is 1. The molecular weight excluding hydrogens is 477 g/mol. The maximum absolute atomic E-state index is 12.9. The van der Waals surface area contributed by atoms with Crippen molar-refractivity contribution in [1.29, 1.82) is 5.26 Å². The molecular formula is C22H12BrF3N2O3. The van der Waals surface area contributed by atoms with E-state index in [0.29, 0.717) is 27.7 Å². The van der Waals surface area contributed by atoms with Gasteiger partial charge in [0.1, 0.15) is 5.75 Å². The van der Waals surface area contributed by atoms with Crippen LogP contribution >= 0.6 is 15.9 Å². The Morgan fingerprint density at radius 1 is 1.06 bits per heavy atom. The van der Waals surface area contributed by atoms with Crippen molar-refractivity contribution >= 4 is 33.3 Å². The molecule has 3 aromatic carbocycles. The molecule has 0 heterocycles. The van der Waals surface area contributed by atoms with Crippen molar-refractivity contribution in [1.82, 2.24) is 0 Å². The summed E-state index contributed by atoms with van der Waals surface area (Å²) in [6.07, 6.45) is -3.06. The van der Waals surface area contributed by atoms with E-state index in [9.17, 15) is 28.5 Å². The number of alkyl halides is 3. The number of benzene rings is 3. The lowest BCUT2D eigenvalue weighted by Crippen LogP contribution is -2.06. The number of nitriles is 1. The summed E-state index contributed by atoms with van der Waals surface area (Å²) in [7, 11) is 0. The molecule has 0 aromatic heterocycles. The zero-order valence-corrected chi connectivity index (χ0v) is 17.1. The van der Waals surface area contributed by atoms with E-state index in [1.807, 2.05) is 18.2 Å². The van der Waals surface area contributed by atoms with Gasteiger partial charge in [-0.15, -0.1) is 0 Å². The van der Waals surface area contributed by atoms with E-state index in [1.165, 1.54) is 6.07 Å². The first-order valence-corrected chi connectivity index (χ1v) is 9.48. The lowest BCUT2D eigenvalue weighted by Gasteiger charge is -2.11. The number of ether oxygens (including phenoxy) is 1. The van der Waals surface area contributed by atoms with E-state index in [1.54, 1.807) is 30.3 Å². The first-order chi connectivity index (χ1) is 14.7. The molecule has 0 aliphatic rings. The van der Waals surface area contributed by atoms with Gasteiger partial charge in [0.15, 0.2) is 0 Å². The molecule has 0 unspecified atom stereocenters. The molecule has 0 aliphatic carbocycles. The van der Waals surface area contributed by atoms with Crippen LogP contribution in [0.5, 0.6) is 11.5 Å². The minimum absolute atomic E-state index is 0.165. The SMILES string of the molecule is N#C/C(=C\c1ccc(Oc2ccc(C(F)(F)F)cc2[N+](=O)[O-])c(Br)c1)c1ccccc1. The highest BCUT2D eigenvalue weighted by Gasteiger charge is 2.33. The zero-order chi connectivity index (χ0) is 22.6. The predicted molar refractivity (Wildman–Crippen MR) is 112 cm³/mol. The standard InChI is InChI=1S/C22H12BrF3N2O3/c23-18-11-14(10-16(13-27)15-4-2-1-3-5-15)6-8-20(18)31-21-9-7-17(22(24,25)26)12-19(21)28(29)30/h1-12H/b16-10+. The second-order valence-corrected chi connectivity index (χ2v) is 7.12. The quantitative estimate of drug-likeness (QED) is 0.164. The number of halogens is 4. The summed E-state index contributed by atoms with van der Waals surface area (Å²) in [6, 6.07) is 18.0.